The Morgan fingerprint density at radius 3 is 1.31 bits per heavy atom. The van der Waals surface area contributed by atoms with Gasteiger partial charge in [0.2, 0.25) is 0 Å². The molecule has 0 heterocycles. The molecule has 0 aliphatic heterocycles. The van der Waals surface area contributed by atoms with Crippen LogP contribution in [0.25, 0.3) is 0 Å². The van der Waals surface area contributed by atoms with E-state index in [0.29, 0.717) is 25.7 Å². The van der Waals surface area contributed by atoms with Crippen molar-refractivity contribution in [2.24, 2.45) is 11.8 Å². The zero-order chi connectivity index (χ0) is 11.8. The molecule has 2 aliphatic carbocycles. The Kier molecular flexibility index (Phi) is 3.27. The Balaban J connectivity index is 2.15. The fourth-order valence-corrected chi connectivity index (χ4v) is 3.38. The predicted molar refractivity (Wildman–Crippen MR) is 58.3 cm³/mol. The topological polar surface area (TPSA) is 80.9 Å². The van der Waals surface area contributed by atoms with E-state index in [2.05, 4.69) is 0 Å². The zero-order valence-electron chi connectivity index (χ0n) is 9.60. The summed E-state index contributed by atoms with van der Waals surface area (Å²) in [4.78, 5) is 0. The lowest BCUT2D eigenvalue weighted by atomic mass is 9.67. The van der Waals surface area contributed by atoms with Gasteiger partial charge in [-0.15, -0.1) is 0 Å². The second-order valence-electron chi connectivity index (χ2n) is 5.46. The molecule has 16 heavy (non-hydrogen) atoms. The van der Waals surface area contributed by atoms with E-state index in [9.17, 15) is 20.4 Å². The molecule has 2 unspecified atom stereocenters. The molecule has 2 saturated carbocycles. The van der Waals surface area contributed by atoms with Crippen LogP contribution in [0.15, 0.2) is 0 Å². The molecule has 94 valence electrons. The Morgan fingerprint density at radius 2 is 1.00 bits per heavy atom. The van der Waals surface area contributed by atoms with Crippen LogP contribution < -0.4 is 0 Å². The molecule has 0 spiro atoms. The molecule has 0 aromatic carbocycles. The molecule has 0 bridgehead atoms. The number of hydrogen-bond acceptors (Lipinski definition) is 4. The Bertz CT molecular complexity index is 223. The van der Waals surface area contributed by atoms with Crippen molar-refractivity contribution in [3.05, 3.63) is 0 Å². The second kappa shape index (κ2) is 4.26. The van der Waals surface area contributed by atoms with Gasteiger partial charge in [0.05, 0.1) is 0 Å². The van der Waals surface area contributed by atoms with Crippen LogP contribution in [0.5, 0.6) is 0 Å². The third-order valence-corrected chi connectivity index (χ3v) is 4.29. The van der Waals surface area contributed by atoms with Crippen molar-refractivity contribution in [1.29, 1.82) is 0 Å². The molecule has 0 aromatic rings. The van der Waals surface area contributed by atoms with E-state index in [1.54, 1.807) is 0 Å². The number of rotatable bonds is 1. The SMILES string of the molecule is OC1(O)CCCCC1C1CCCCC1(O)O. The number of hydrogen-bond donors (Lipinski definition) is 4. The van der Waals surface area contributed by atoms with Gasteiger partial charge in [0, 0.05) is 24.7 Å². The monoisotopic (exact) mass is 230 g/mol. The molecular formula is C12H22O4. The molecule has 2 fully saturated rings. The molecule has 2 rings (SSSR count). The summed E-state index contributed by atoms with van der Waals surface area (Å²) in [6, 6.07) is 0. The average molecular weight is 230 g/mol. The maximum atomic E-state index is 9.95. The largest absolute Gasteiger partial charge is 0.365 e. The highest BCUT2D eigenvalue weighted by molar-refractivity contribution is 4.93. The summed E-state index contributed by atoms with van der Waals surface area (Å²) in [6.07, 6.45) is 5.57. The standard InChI is InChI=1S/C12H22O4/c13-11(14)7-3-1-5-9(11)10-6-2-4-8-12(10,15)16/h9-10,13-16H,1-8H2. The van der Waals surface area contributed by atoms with E-state index in [0.717, 1.165) is 25.7 Å². The van der Waals surface area contributed by atoms with Crippen molar-refractivity contribution < 1.29 is 20.4 Å². The van der Waals surface area contributed by atoms with Gasteiger partial charge in [0.1, 0.15) is 0 Å². The van der Waals surface area contributed by atoms with Crippen LogP contribution in [0.1, 0.15) is 51.4 Å². The van der Waals surface area contributed by atoms with Crippen LogP contribution >= 0.6 is 0 Å². The first-order valence-electron chi connectivity index (χ1n) is 6.33. The minimum absolute atomic E-state index is 0.351. The van der Waals surface area contributed by atoms with Gasteiger partial charge in [-0.2, -0.15) is 0 Å². The molecule has 4 N–H and O–H groups in total. The van der Waals surface area contributed by atoms with Gasteiger partial charge in [0.15, 0.2) is 11.6 Å². The normalized spacial score (nSPS) is 38.2. The summed E-state index contributed by atoms with van der Waals surface area (Å²) >= 11 is 0. The highest BCUT2D eigenvalue weighted by atomic mass is 16.5. The molecular weight excluding hydrogens is 208 g/mol. The molecule has 2 atom stereocenters. The summed E-state index contributed by atoms with van der Waals surface area (Å²) in [5.74, 6) is -4.21. The smallest absolute Gasteiger partial charge is 0.165 e. The van der Waals surface area contributed by atoms with Gasteiger partial charge >= 0.3 is 0 Å². The van der Waals surface area contributed by atoms with E-state index < -0.39 is 23.4 Å². The summed E-state index contributed by atoms with van der Waals surface area (Å²) in [5, 5.41) is 39.8. The maximum absolute atomic E-state index is 9.95. The van der Waals surface area contributed by atoms with Crippen molar-refractivity contribution in [2.75, 3.05) is 0 Å². The Morgan fingerprint density at radius 1 is 0.625 bits per heavy atom. The quantitative estimate of drug-likeness (QED) is 0.501. The van der Waals surface area contributed by atoms with Crippen LogP contribution in [0, 0.1) is 11.8 Å². The van der Waals surface area contributed by atoms with Crippen molar-refractivity contribution in [2.45, 2.75) is 62.9 Å². The summed E-state index contributed by atoms with van der Waals surface area (Å²) in [7, 11) is 0. The van der Waals surface area contributed by atoms with Crippen LogP contribution in [0.2, 0.25) is 0 Å². The summed E-state index contributed by atoms with van der Waals surface area (Å²) < 4.78 is 0. The first-order valence-corrected chi connectivity index (χ1v) is 6.33. The van der Waals surface area contributed by atoms with E-state index in [1.807, 2.05) is 0 Å². The van der Waals surface area contributed by atoms with Crippen LogP contribution in [-0.4, -0.2) is 32.0 Å². The molecule has 0 amide bonds. The first kappa shape index (κ1) is 12.3. The number of aliphatic hydroxyl groups is 4. The fraction of sp³-hybridized carbons (Fsp3) is 1.00. The van der Waals surface area contributed by atoms with Gasteiger partial charge < -0.3 is 20.4 Å². The van der Waals surface area contributed by atoms with E-state index in [1.165, 1.54) is 0 Å². The zero-order valence-corrected chi connectivity index (χ0v) is 9.60. The third kappa shape index (κ3) is 2.25. The van der Waals surface area contributed by atoms with E-state index in [-0.39, 0.29) is 0 Å². The lowest BCUT2D eigenvalue weighted by molar-refractivity contribution is -0.290. The highest BCUT2D eigenvalue weighted by Gasteiger charge is 2.49. The Hall–Kier alpha value is -0.160. The molecule has 4 nitrogen and oxygen atoms in total. The molecule has 0 aromatic heterocycles. The van der Waals surface area contributed by atoms with Gasteiger partial charge in [-0.25, -0.2) is 0 Å². The van der Waals surface area contributed by atoms with E-state index >= 15 is 0 Å². The van der Waals surface area contributed by atoms with Crippen molar-refractivity contribution in [3.8, 4) is 0 Å². The average Bonchev–Trinajstić information content (AvgIpc) is 2.18. The van der Waals surface area contributed by atoms with Crippen LogP contribution in [0.4, 0.5) is 0 Å². The maximum Gasteiger partial charge on any atom is 0.165 e. The van der Waals surface area contributed by atoms with E-state index in [4.69, 9.17) is 0 Å². The molecule has 4 heteroatoms. The van der Waals surface area contributed by atoms with Gasteiger partial charge in [-0.05, 0) is 25.7 Å². The van der Waals surface area contributed by atoms with Gasteiger partial charge in [-0.1, -0.05) is 12.8 Å². The summed E-state index contributed by atoms with van der Waals surface area (Å²) in [5.41, 5.74) is 0. The molecule has 0 saturated heterocycles. The minimum atomic E-state index is -1.71. The fourth-order valence-electron chi connectivity index (χ4n) is 3.38. The van der Waals surface area contributed by atoms with Crippen LogP contribution in [0.3, 0.4) is 0 Å². The molecule has 2 aliphatic rings. The van der Waals surface area contributed by atoms with Crippen LogP contribution in [-0.2, 0) is 0 Å². The lowest BCUT2D eigenvalue weighted by Crippen LogP contribution is -2.53. The highest BCUT2D eigenvalue weighted by Crippen LogP contribution is 2.45. The van der Waals surface area contributed by atoms with Gasteiger partial charge in [-0.3, -0.25) is 0 Å². The lowest BCUT2D eigenvalue weighted by Gasteiger charge is -2.46. The van der Waals surface area contributed by atoms with Crippen molar-refractivity contribution >= 4 is 0 Å². The first-order chi connectivity index (χ1) is 7.43. The molecule has 0 radical (unpaired) electrons. The third-order valence-electron chi connectivity index (χ3n) is 4.29. The van der Waals surface area contributed by atoms with Crippen molar-refractivity contribution in [1.82, 2.24) is 0 Å². The second-order valence-corrected chi connectivity index (χ2v) is 5.46. The predicted octanol–water partition coefficient (Wildman–Crippen LogP) is 0.729. The summed E-state index contributed by atoms with van der Waals surface area (Å²) in [6.45, 7) is 0. The van der Waals surface area contributed by atoms with Crippen molar-refractivity contribution in [3.63, 3.8) is 0 Å². The Labute approximate surface area is 95.9 Å². The van der Waals surface area contributed by atoms with Gasteiger partial charge in [0.25, 0.3) is 0 Å². The minimum Gasteiger partial charge on any atom is -0.365 e.